The maximum atomic E-state index is 13.5. The van der Waals surface area contributed by atoms with Crippen LogP contribution >= 0.6 is 0 Å². The Labute approximate surface area is 393 Å². The van der Waals surface area contributed by atoms with Crippen LogP contribution in [0.15, 0.2) is 0 Å². The van der Waals surface area contributed by atoms with E-state index in [1.54, 1.807) is 104 Å². The molecule has 0 aromatic heterocycles. The van der Waals surface area contributed by atoms with Crippen molar-refractivity contribution in [2.45, 2.75) is 231 Å². The van der Waals surface area contributed by atoms with Crippen LogP contribution in [0.5, 0.6) is 0 Å². The lowest BCUT2D eigenvalue weighted by Crippen LogP contribution is -2.75. The highest BCUT2D eigenvalue weighted by Gasteiger charge is 2.58. The van der Waals surface area contributed by atoms with Crippen LogP contribution in [0.2, 0.25) is 0 Å². The van der Waals surface area contributed by atoms with Crippen molar-refractivity contribution in [2.24, 2.45) is 0 Å². The Bertz CT molecular complexity index is 1700. The van der Waals surface area contributed by atoms with E-state index in [9.17, 15) is 44.4 Å². The summed E-state index contributed by atoms with van der Waals surface area (Å²) in [6.07, 6.45) is -17.7. The number of nitrogens with zero attached hydrogens (tertiary/aromatic N) is 1. The average Bonchev–Trinajstić information content (AvgIpc) is 3.10. The van der Waals surface area contributed by atoms with Gasteiger partial charge in [0.1, 0.15) is 58.0 Å². The quantitative estimate of drug-likeness (QED) is 0.146. The van der Waals surface area contributed by atoms with Crippen molar-refractivity contribution in [1.29, 1.82) is 0 Å². The van der Waals surface area contributed by atoms with Gasteiger partial charge in [-0.15, -0.1) is 0 Å². The van der Waals surface area contributed by atoms with Crippen LogP contribution in [0.25, 0.3) is 0 Å². The Balaban J connectivity index is 2.15. The third-order valence-electron chi connectivity index (χ3n) is 9.97. The third-order valence-corrected chi connectivity index (χ3v) is 9.97. The molecule has 23 heteroatoms. The molecule has 8 N–H and O–H groups in total. The summed E-state index contributed by atoms with van der Waals surface area (Å²) in [5.74, 6) is 0. The minimum Gasteiger partial charge on any atom is -0.444 e. The van der Waals surface area contributed by atoms with Crippen LogP contribution in [-0.4, -0.2) is 183 Å². The molecule has 0 aromatic rings. The minimum absolute atomic E-state index is 0.0867. The monoisotopic (exact) mass is 966 g/mol. The van der Waals surface area contributed by atoms with Gasteiger partial charge in [-0.1, -0.05) is 0 Å². The predicted molar refractivity (Wildman–Crippen MR) is 238 cm³/mol. The van der Waals surface area contributed by atoms with Gasteiger partial charge in [-0.3, -0.25) is 0 Å². The molecule has 23 nitrogen and oxygen atoms in total. The Hall–Kier alpha value is -3.97. The largest absolute Gasteiger partial charge is 0.444 e. The van der Waals surface area contributed by atoms with Gasteiger partial charge in [0.25, 0.3) is 0 Å². The molecule has 2 aliphatic heterocycles. The van der Waals surface area contributed by atoms with E-state index in [1.807, 2.05) is 0 Å². The van der Waals surface area contributed by atoms with Crippen LogP contribution in [0.4, 0.5) is 24.0 Å². The molecule has 13 atom stereocenters. The third kappa shape index (κ3) is 18.1. The molecule has 388 valence electrons. The number of hydrogen-bond donors (Lipinski definition) is 8. The molecule has 0 radical (unpaired) electrons. The molecule has 5 amide bonds. The van der Waals surface area contributed by atoms with Crippen LogP contribution in [-0.2, 0) is 42.6 Å². The van der Waals surface area contributed by atoms with Gasteiger partial charge in [-0.25, -0.2) is 24.0 Å². The number of carbonyl (C=O) groups is 5. The molecule has 0 aromatic carbocycles. The molecule has 1 aliphatic carbocycles. The Morgan fingerprint density at radius 3 is 1.46 bits per heavy atom. The number of rotatable bonds is 10. The fourth-order valence-electron chi connectivity index (χ4n) is 7.49. The molecule has 3 fully saturated rings. The lowest BCUT2D eigenvalue weighted by Gasteiger charge is -2.52. The first-order valence-electron chi connectivity index (χ1n) is 22.5. The van der Waals surface area contributed by atoms with Gasteiger partial charge >= 0.3 is 30.5 Å². The minimum atomic E-state index is -2.01. The molecule has 0 spiro atoms. The van der Waals surface area contributed by atoms with E-state index >= 15 is 0 Å². The van der Waals surface area contributed by atoms with Crippen molar-refractivity contribution >= 4 is 30.5 Å². The fourth-order valence-corrected chi connectivity index (χ4v) is 7.49. The SMILES string of the molecule is CN(C(=O)OC(C)(C)C)[C@@H]1C(O)[C@H](O[C@H]2C(O)C(O[C@@H]3O[C@H](CNC(=O)OC(C)(C)C)CCC3NC(=O)OC(C)(C)C)[C@@H](NC(=O)OC(C)(C)C)C(O)[C@H]2NC(=O)OC(C)(C)C)OC[C@]1(C)O. The molecule has 1 saturated carbocycles. The van der Waals surface area contributed by atoms with Gasteiger partial charge in [0.15, 0.2) is 12.6 Å². The number of nitrogens with one attached hydrogen (secondary N) is 4. The summed E-state index contributed by atoms with van der Waals surface area (Å²) < 4.78 is 52.3. The van der Waals surface area contributed by atoms with Crippen molar-refractivity contribution < 1.29 is 87.0 Å². The van der Waals surface area contributed by atoms with Crippen molar-refractivity contribution in [1.82, 2.24) is 26.2 Å². The van der Waals surface area contributed by atoms with Crippen LogP contribution in [0, 0.1) is 0 Å². The summed E-state index contributed by atoms with van der Waals surface area (Å²) in [4.78, 5) is 67.1. The zero-order valence-corrected chi connectivity index (χ0v) is 42.2. The normalized spacial score (nSPS) is 31.9. The Morgan fingerprint density at radius 1 is 0.597 bits per heavy atom. The highest BCUT2D eigenvalue weighted by Crippen LogP contribution is 2.35. The number of ether oxygens (including phenoxy) is 9. The molecular weight excluding hydrogens is 887 g/mol. The summed E-state index contributed by atoms with van der Waals surface area (Å²) >= 11 is 0. The Morgan fingerprint density at radius 2 is 1.01 bits per heavy atom. The second-order valence-electron chi connectivity index (χ2n) is 22.4. The highest BCUT2D eigenvalue weighted by atomic mass is 16.7. The lowest BCUT2D eigenvalue weighted by atomic mass is 9.80. The van der Waals surface area contributed by atoms with Crippen molar-refractivity contribution in [3.8, 4) is 0 Å². The van der Waals surface area contributed by atoms with Gasteiger partial charge < -0.3 is 89.2 Å². The summed E-state index contributed by atoms with van der Waals surface area (Å²) in [5, 5.41) is 58.6. The van der Waals surface area contributed by atoms with Gasteiger partial charge in [0.05, 0.1) is 43.0 Å². The van der Waals surface area contributed by atoms with Crippen molar-refractivity contribution in [2.75, 3.05) is 20.2 Å². The molecule has 2 heterocycles. The van der Waals surface area contributed by atoms with E-state index in [2.05, 4.69) is 21.3 Å². The van der Waals surface area contributed by atoms with Crippen LogP contribution in [0.3, 0.4) is 0 Å². The molecule has 0 bridgehead atoms. The number of aliphatic hydroxyl groups is 4. The number of hydrogen-bond acceptors (Lipinski definition) is 18. The van der Waals surface area contributed by atoms with Gasteiger partial charge in [0, 0.05) is 13.6 Å². The number of alkyl carbamates (subject to hydrolysis) is 4. The molecule has 3 rings (SSSR count). The summed E-state index contributed by atoms with van der Waals surface area (Å²) in [5.41, 5.74) is -6.68. The number of amides is 5. The van der Waals surface area contributed by atoms with Crippen LogP contribution in [0.1, 0.15) is 124 Å². The van der Waals surface area contributed by atoms with E-state index < -0.39 is 144 Å². The standard InChI is InChI=1S/C44H79N5O18/c1-39(2,3)63-34(53)45-20-22-18-19-23(46-35(54)64-40(4,5)6)32(60-22)61-29-24(47-36(55)65-41(7,8)9)26(50)25(48-37(56)66-42(10,11)12)30(27(29)51)62-33-28(52)31(44(16,58)21-59-33)49(17)38(57)67-43(13,14)15/h22-33,50-52,58H,18-21H2,1-17H3,(H,45,53)(H,46,54)(H,47,55)(H,48,56)/t22-,23?,24-,25+,26?,27?,28?,29?,30+,31+,32-,33-,44-/m0/s1. The van der Waals surface area contributed by atoms with E-state index in [4.69, 9.17) is 42.6 Å². The number of aliphatic hydroxyl groups excluding tert-OH is 3. The van der Waals surface area contributed by atoms with E-state index in [0.717, 1.165) is 4.90 Å². The van der Waals surface area contributed by atoms with Gasteiger partial charge in [0.2, 0.25) is 0 Å². The van der Waals surface area contributed by atoms with Gasteiger partial charge in [-0.2, -0.15) is 0 Å². The molecule has 67 heavy (non-hydrogen) atoms. The van der Waals surface area contributed by atoms with E-state index in [0.29, 0.717) is 0 Å². The lowest BCUT2D eigenvalue weighted by molar-refractivity contribution is -0.320. The number of likely N-dealkylation sites (N-methyl/N-ethyl adjacent to an activating group) is 1. The van der Waals surface area contributed by atoms with Crippen molar-refractivity contribution in [3.05, 3.63) is 0 Å². The van der Waals surface area contributed by atoms with E-state index in [-0.39, 0.29) is 19.4 Å². The zero-order chi connectivity index (χ0) is 51.4. The first-order chi connectivity index (χ1) is 30.3. The van der Waals surface area contributed by atoms with Crippen molar-refractivity contribution in [3.63, 3.8) is 0 Å². The maximum Gasteiger partial charge on any atom is 0.410 e. The number of carbonyl (C=O) groups excluding carboxylic acids is 5. The zero-order valence-electron chi connectivity index (χ0n) is 42.2. The first-order valence-corrected chi connectivity index (χ1v) is 22.5. The summed E-state index contributed by atoms with van der Waals surface area (Å²) in [6, 6.07) is -5.82. The average molecular weight is 966 g/mol. The predicted octanol–water partition coefficient (Wildman–Crippen LogP) is 2.91. The maximum absolute atomic E-state index is 13.5. The van der Waals surface area contributed by atoms with E-state index in [1.165, 1.54) is 14.0 Å². The second-order valence-corrected chi connectivity index (χ2v) is 22.4. The molecule has 3 aliphatic rings. The molecule has 2 saturated heterocycles. The summed E-state index contributed by atoms with van der Waals surface area (Å²) in [6.45, 7) is 25.2. The summed E-state index contributed by atoms with van der Waals surface area (Å²) in [7, 11) is 1.30. The Kier molecular flexibility index (Phi) is 18.6. The molecule has 5 unspecified atom stereocenters. The van der Waals surface area contributed by atoms with Gasteiger partial charge in [-0.05, 0) is 124 Å². The molecular formula is C44H79N5O18. The fraction of sp³-hybridized carbons (Fsp3) is 0.886. The highest BCUT2D eigenvalue weighted by molar-refractivity contribution is 5.70. The van der Waals surface area contributed by atoms with Crippen LogP contribution < -0.4 is 21.3 Å². The topological polar surface area (TPSA) is 301 Å². The smallest absolute Gasteiger partial charge is 0.410 e. The first kappa shape index (κ1) is 57.3. The second kappa shape index (κ2) is 21.8.